The predicted molar refractivity (Wildman–Crippen MR) is 90.8 cm³/mol. The fourth-order valence-electron chi connectivity index (χ4n) is 2.89. The highest BCUT2D eigenvalue weighted by molar-refractivity contribution is 5.45. The van der Waals surface area contributed by atoms with Crippen molar-refractivity contribution < 1.29 is 9.47 Å². The number of ether oxygens (including phenoxy) is 2. The zero-order valence-corrected chi connectivity index (χ0v) is 14.7. The lowest BCUT2D eigenvalue weighted by Gasteiger charge is -2.39. The molecule has 0 N–H and O–H groups in total. The number of benzene rings is 1. The van der Waals surface area contributed by atoms with E-state index < -0.39 is 0 Å². The molecule has 1 aliphatic rings. The van der Waals surface area contributed by atoms with Crippen molar-refractivity contribution in [2.45, 2.75) is 39.0 Å². The van der Waals surface area contributed by atoms with Crippen LogP contribution in [-0.2, 0) is 0 Å². The summed E-state index contributed by atoms with van der Waals surface area (Å²) in [6.07, 6.45) is 0.0587. The maximum atomic E-state index is 9.71. The van der Waals surface area contributed by atoms with E-state index in [0.717, 1.165) is 25.2 Å². The average molecular weight is 317 g/mol. The van der Waals surface area contributed by atoms with E-state index in [1.54, 1.807) is 7.11 Å². The second kappa shape index (κ2) is 7.67. The summed E-state index contributed by atoms with van der Waals surface area (Å²) < 4.78 is 11.2. The third-order valence-electron chi connectivity index (χ3n) is 4.34. The van der Waals surface area contributed by atoms with E-state index in [1.165, 1.54) is 0 Å². The topological polar surface area (TPSA) is 48.7 Å². The van der Waals surface area contributed by atoms with Crippen LogP contribution in [0.25, 0.3) is 0 Å². The van der Waals surface area contributed by atoms with Gasteiger partial charge in [0.1, 0.15) is 6.04 Å². The molecule has 5 heteroatoms. The van der Waals surface area contributed by atoms with Crippen LogP contribution >= 0.6 is 0 Å². The number of hydrogen-bond donors (Lipinski definition) is 0. The highest BCUT2D eigenvalue weighted by Gasteiger charge is 2.28. The predicted octanol–water partition coefficient (Wildman–Crippen LogP) is 2.68. The number of hydrogen-bond acceptors (Lipinski definition) is 5. The number of piperazine rings is 1. The van der Waals surface area contributed by atoms with E-state index in [0.29, 0.717) is 17.5 Å². The lowest BCUT2D eigenvalue weighted by Crippen LogP contribution is -2.50. The van der Waals surface area contributed by atoms with Crippen molar-refractivity contribution in [3.63, 3.8) is 0 Å². The van der Waals surface area contributed by atoms with Crippen LogP contribution in [0.1, 0.15) is 32.4 Å². The molecule has 1 fully saturated rings. The van der Waals surface area contributed by atoms with Crippen molar-refractivity contribution in [2.75, 3.05) is 33.8 Å². The van der Waals surface area contributed by atoms with Gasteiger partial charge < -0.3 is 14.4 Å². The molecule has 0 spiro atoms. The van der Waals surface area contributed by atoms with Crippen molar-refractivity contribution in [3.05, 3.63) is 23.8 Å². The second-order valence-electron chi connectivity index (χ2n) is 6.43. The van der Waals surface area contributed by atoms with Crippen LogP contribution in [0.15, 0.2) is 18.2 Å². The summed E-state index contributed by atoms with van der Waals surface area (Å²) in [5.74, 6) is 1.40. The molecule has 2 unspecified atom stereocenters. The van der Waals surface area contributed by atoms with Crippen molar-refractivity contribution in [1.29, 1.82) is 5.26 Å². The lowest BCUT2D eigenvalue weighted by atomic mass is 10.0. The van der Waals surface area contributed by atoms with Crippen LogP contribution in [-0.4, -0.2) is 55.7 Å². The van der Waals surface area contributed by atoms with E-state index in [-0.39, 0.29) is 12.1 Å². The van der Waals surface area contributed by atoms with Gasteiger partial charge in [-0.05, 0) is 45.5 Å². The lowest BCUT2D eigenvalue weighted by molar-refractivity contribution is 0.0879. The van der Waals surface area contributed by atoms with Crippen LogP contribution in [0.4, 0.5) is 0 Å². The Morgan fingerprint density at radius 3 is 2.57 bits per heavy atom. The third kappa shape index (κ3) is 4.15. The molecule has 0 amide bonds. The molecule has 126 valence electrons. The standard InChI is InChI=1S/C18H27N3O2/c1-13(2)23-18-10-15(6-7-17(18)22-5)16(11-19)21-9-8-20(4)14(3)12-21/h6-7,10,13-14,16H,8-9,12H2,1-5H3. The molecule has 2 rings (SSSR count). The van der Waals surface area contributed by atoms with Crippen LogP contribution in [0.2, 0.25) is 0 Å². The highest BCUT2D eigenvalue weighted by Crippen LogP contribution is 2.33. The minimum absolute atomic E-state index is 0.0587. The monoisotopic (exact) mass is 317 g/mol. The van der Waals surface area contributed by atoms with Gasteiger partial charge in [0.15, 0.2) is 11.5 Å². The number of likely N-dealkylation sites (N-methyl/N-ethyl adjacent to an activating group) is 1. The summed E-state index contributed by atoms with van der Waals surface area (Å²) in [6.45, 7) is 8.92. The number of nitrogens with zero attached hydrogens (tertiary/aromatic N) is 3. The molecular formula is C18H27N3O2. The van der Waals surface area contributed by atoms with E-state index in [4.69, 9.17) is 9.47 Å². The first-order valence-corrected chi connectivity index (χ1v) is 8.14. The molecule has 0 radical (unpaired) electrons. The Bertz CT molecular complexity index is 568. The van der Waals surface area contributed by atoms with E-state index in [9.17, 15) is 5.26 Å². The molecule has 0 saturated carbocycles. The Morgan fingerprint density at radius 2 is 2.00 bits per heavy atom. The minimum atomic E-state index is -0.258. The quantitative estimate of drug-likeness (QED) is 0.835. The van der Waals surface area contributed by atoms with Crippen molar-refractivity contribution in [2.24, 2.45) is 0 Å². The van der Waals surface area contributed by atoms with Crippen molar-refractivity contribution in [3.8, 4) is 17.6 Å². The van der Waals surface area contributed by atoms with Crippen molar-refractivity contribution in [1.82, 2.24) is 9.80 Å². The zero-order valence-electron chi connectivity index (χ0n) is 14.7. The Hall–Kier alpha value is -1.77. The summed E-state index contributed by atoms with van der Waals surface area (Å²) in [7, 11) is 3.76. The number of nitriles is 1. The van der Waals surface area contributed by atoms with E-state index >= 15 is 0 Å². The summed E-state index contributed by atoms with van der Waals surface area (Å²) in [5, 5.41) is 9.71. The van der Waals surface area contributed by atoms with Crippen LogP contribution in [0.5, 0.6) is 11.5 Å². The molecule has 1 aromatic carbocycles. The molecule has 0 bridgehead atoms. The van der Waals surface area contributed by atoms with Gasteiger partial charge >= 0.3 is 0 Å². The number of methoxy groups -OCH3 is 1. The molecule has 5 nitrogen and oxygen atoms in total. The summed E-state index contributed by atoms with van der Waals surface area (Å²) in [5.41, 5.74) is 0.959. The van der Waals surface area contributed by atoms with Gasteiger partial charge in [-0.2, -0.15) is 5.26 Å². The van der Waals surface area contributed by atoms with Gasteiger partial charge in [0.05, 0.1) is 19.3 Å². The van der Waals surface area contributed by atoms with Crippen LogP contribution in [0, 0.1) is 11.3 Å². The van der Waals surface area contributed by atoms with E-state index in [1.807, 2.05) is 32.0 Å². The molecule has 0 aromatic heterocycles. The molecule has 2 atom stereocenters. The first kappa shape index (κ1) is 17.6. The number of rotatable bonds is 5. The first-order chi connectivity index (χ1) is 11.0. The molecule has 1 aliphatic heterocycles. The molecule has 1 saturated heterocycles. The van der Waals surface area contributed by atoms with Crippen LogP contribution in [0.3, 0.4) is 0 Å². The highest BCUT2D eigenvalue weighted by atomic mass is 16.5. The fourth-order valence-corrected chi connectivity index (χ4v) is 2.89. The maximum Gasteiger partial charge on any atom is 0.161 e. The molecular weight excluding hydrogens is 290 g/mol. The fraction of sp³-hybridized carbons (Fsp3) is 0.611. The summed E-state index contributed by atoms with van der Waals surface area (Å²) in [4.78, 5) is 4.57. The van der Waals surface area contributed by atoms with Gasteiger partial charge in [-0.25, -0.2) is 0 Å². The largest absolute Gasteiger partial charge is 0.493 e. The van der Waals surface area contributed by atoms with Crippen LogP contribution < -0.4 is 9.47 Å². The SMILES string of the molecule is COc1ccc(C(C#N)N2CCN(C)C(C)C2)cc1OC(C)C. The summed E-state index contributed by atoms with van der Waals surface area (Å²) in [6, 6.07) is 8.43. The molecule has 23 heavy (non-hydrogen) atoms. The average Bonchev–Trinajstić information content (AvgIpc) is 2.51. The molecule has 0 aliphatic carbocycles. The van der Waals surface area contributed by atoms with Gasteiger partial charge in [-0.1, -0.05) is 6.07 Å². The first-order valence-electron chi connectivity index (χ1n) is 8.14. The smallest absolute Gasteiger partial charge is 0.161 e. The van der Waals surface area contributed by atoms with Gasteiger partial charge in [0, 0.05) is 25.7 Å². The molecule has 1 aromatic rings. The Balaban J connectivity index is 2.26. The normalized spacial score (nSPS) is 21.0. The minimum Gasteiger partial charge on any atom is -0.493 e. The molecule has 1 heterocycles. The Kier molecular flexibility index (Phi) is 5.86. The van der Waals surface area contributed by atoms with Gasteiger partial charge in [0.25, 0.3) is 0 Å². The maximum absolute atomic E-state index is 9.71. The van der Waals surface area contributed by atoms with Crippen molar-refractivity contribution >= 4 is 0 Å². The Morgan fingerprint density at radius 1 is 1.26 bits per heavy atom. The second-order valence-corrected chi connectivity index (χ2v) is 6.43. The van der Waals surface area contributed by atoms with Gasteiger partial charge in [0.2, 0.25) is 0 Å². The van der Waals surface area contributed by atoms with Gasteiger partial charge in [-0.15, -0.1) is 0 Å². The Labute approximate surface area is 139 Å². The zero-order chi connectivity index (χ0) is 17.0. The van der Waals surface area contributed by atoms with Gasteiger partial charge in [-0.3, -0.25) is 4.90 Å². The third-order valence-corrected chi connectivity index (χ3v) is 4.34. The summed E-state index contributed by atoms with van der Waals surface area (Å²) >= 11 is 0. The van der Waals surface area contributed by atoms with E-state index in [2.05, 4.69) is 29.8 Å².